The van der Waals surface area contributed by atoms with Gasteiger partial charge in [-0.25, -0.2) is 4.79 Å². The molecule has 1 aromatic carbocycles. The third-order valence-corrected chi connectivity index (χ3v) is 5.55. The van der Waals surface area contributed by atoms with E-state index in [9.17, 15) is 14.4 Å². The molecule has 0 aliphatic carbocycles. The molecule has 8 heteroatoms. The van der Waals surface area contributed by atoms with E-state index in [0.717, 1.165) is 36.8 Å². The lowest BCUT2D eigenvalue weighted by molar-refractivity contribution is -0.142. The maximum absolute atomic E-state index is 13.8. The molecule has 0 radical (unpaired) electrons. The van der Waals surface area contributed by atoms with Crippen molar-refractivity contribution in [1.82, 2.24) is 15.5 Å². The topological polar surface area (TPSA) is 87.7 Å². The SMILES string of the molecule is CCCCCCN(C(=O)C(CS)NC(=O)OC(C)(C)C)C(C(=O)NC(C)C)c1ccccc1C. The van der Waals surface area contributed by atoms with Gasteiger partial charge in [-0.2, -0.15) is 12.6 Å². The van der Waals surface area contributed by atoms with E-state index in [1.165, 1.54) is 0 Å². The van der Waals surface area contributed by atoms with Crippen LogP contribution in [-0.2, 0) is 14.3 Å². The molecule has 0 saturated carbocycles. The quantitative estimate of drug-likeness (QED) is 0.288. The predicted octanol–water partition coefficient (Wildman–Crippen LogP) is 4.79. The van der Waals surface area contributed by atoms with Crippen molar-refractivity contribution >= 4 is 30.5 Å². The molecule has 0 aromatic heterocycles. The molecule has 1 rings (SSSR count). The molecule has 0 bridgehead atoms. The third kappa shape index (κ3) is 9.95. The number of alkyl carbamates (subject to hydrolysis) is 1. The van der Waals surface area contributed by atoms with E-state index in [1.807, 2.05) is 45.0 Å². The smallest absolute Gasteiger partial charge is 0.408 e. The van der Waals surface area contributed by atoms with Crippen molar-refractivity contribution < 1.29 is 19.1 Å². The summed E-state index contributed by atoms with van der Waals surface area (Å²) in [5, 5.41) is 5.62. The Hall–Kier alpha value is -2.22. The Morgan fingerprint density at radius 3 is 2.24 bits per heavy atom. The number of hydrogen-bond acceptors (Lipinski definition) is 5. The summed E-state index contributed by atoms with van der Waals surface area (Å²) in [6.07, 6.45) is 3.11. The second-order valence-electron chi connectivity index (χ2n) is 9.90. The molecule has 2 unspecified atom stereocenters. The number of ether oxygens (including phenoxy) is 1. The first kappa shape index (κ1) is 29.8. The molecule has 0 spiro atoms. The van der Waals surface area contributed by atoms with Crippen LogP contribution < -0.4 is 10.6 Å². The molecule has 2 N–H and O–H groups in total. The van der Waals surface area contributed by atoms with Gasteiger partial charge in [0.1, 0.15) is 17.7 Å². The van der Waals surface area contributed by atoms with E-state index in [4.69, 9.17) is 4.74 Å². The van der Waals surface area contributed by atoms with E-state index in [2.05, 4.69) is 30.2 Å². The Kier molecular flexibility index (Phi) is 12.5. The fourth-order valence-electron chi connectivity index (χ4n) is 3.62. The zero-order valence-corrected chi connectivity index (χ0v) is 22.7. The number of carbonyl (C=O) groups excluding carboxylic acids is 3. The lowest BCUT2D eigenvalue weighted by Crippen LogP contribution is -2.54. The largest absolute Gasteiger partial charge is 0.444 e. The molecule has 0 aliphatic heterocycles. The minimum absolute atomic E-state index is 0.0792. The van der Waals surface area contributed by atoms with Crippen LogP contribution in [0.5, 0.6) is 0 Å². The minimum Gasteiger partial charge on any atom is -0.444 e. The zero-order chi connectivity index (χ0) is 25.9. The van der Waals surface area contributed by atoms with Gasteiger partial charge in [0.15, 0.2) is 0 Å². The first-order chi connectivity index (χ1) is 15.9. The molecule has 3 amide bonds. The number of carbonyl (C=O) groups is 3. The normalized spacial score (nSPS) is 13.2. The highest BCUT2D eigenvalue weighted by atomic mass is 32.1. The molecule has 192 valence electrons. The third-order valence-electron chi connectivity index (χ3n) is 5.18. The molecule has 34 heavy (non-hydrogen) atoms. The minimum atomic E-state index is -0.928. The average Bonchev–Trinajstić information content (AvgIpc) is 2.73. The van der Waals surface area contributed by atoms with Gasteiger partial charge in [-0.05, 0) is 59.1 Å². The van der Waals surface area contributed by atoms with Crippen LogP contribution in [0.4, 0.5) is 4.79 Å². The molecule has 0 saturated heterocycles. The Morgan fingerprint density at radius 1 is 1.06 bits per heavy atom. The monoisotopic (exact) mass is 493 g/mol. The van der Waals surface area contributed by atoms with Crippen LogP contribution in [0.3, 0.4) is 0 Å². The molecule has 0 heterocycles. The van der Waals surface area contributed by atoms with Crippen LogP contribution in [-0.4, -0.2) is 52.8 Å². The van der Waals surface area contributed by atoms with Crippen LogP contribution in [0.15, 0.2) is 24.3 Å². The van der Waals surface area contributed by atoms with Gasteiger partial charge in [0.25, 0.3) is 0 Å². The van der Waals surface area contributed by atoms with Crippen LogP contribution in [0.25, 0.3) is 0 Å². The average molecular weight is 494 g/mol. The molecular weight excluding hydrogens is 450 g/mol. The molecule has 1 aromatic rings. The summed E-state index contributed by atoms with van der Waals surface area (Å²) in [5.74, 6) is -0.525. The van der Waals surface area contributed by atoms with Crippen molar-refractivity contribution in [2.75, 3.05) is 12.3 Å². The Bertz CT molecular complexity index is 807. The fourth-order valence-corrected chi connectivity index (χ4v) is 3.87. The standard InChI is InChI=1S/C26H43N3O4S/c1-8-9-10-13-16-29(24(31)21(17-34)28-25(32)33-26(5,6)7)22(23(30)27-18(2)3)20-15-12-11-14-19(20)4/h11-12,14-15,18,21-22,34H,8-10,13,16-17H2,1-7H3,(H,27,30)(H,28,32). The van der Waals surface area contributed by atoms with Gasteiger partial charge in [0.2, 0.25) is 11.8 Å². The number of nitrogens with one attached hydrogen (secondary N) is 2. The van der Waals surface area contributed by atoms with Crippen LogP contribution in [0.1, 0.15) is 84.4 Å². The lowest BCUT2D eigenvalue weighted by atomic mass is 9.97. The maximum atomic E-state index is 13.8. The summed E-state index contributed by atoms with van der Waals surface area (Å²) in [4.78, 5) is 41.2. The van der Waals surface area contributed by atoms with E-state index >= 15 is 0 Å². The van der Waals surface area contributed by atoms with Gasteiger partial charge < -0.3 is 20.3 Å². The summed E-state index contributed by atoms with van der Waals surface area (Å²) in [6, 6.07) is 5.75. The van der Waals surface area contributed by atoms with Crippen molar-refractivity contribution in [3.8, 4) is 0 Å². The first-order valence-electron chi connectivity index (χ1n) is 12.2. The second-order valence-corrected chi connectivity index (χ2v) is 10.3. The van der Waals surface area contributed by atoms with Crippen molar-refractivity contribution in [2.24, 2.45) is 0 Å². The maximum Gasteiger partial charge on any atom is 0.408 e. The number of hydrogen-bond donors (Lipinski definition) is 3. The first-order valence-corrected chi connectivity index (χ1v) is 12.8. The fraction of sp³-hybridized carbons (Fsp3) is 0.654. The van der Waals surface area contributed by atoms with Gasteiger partial charge in [-0.1, -0.05) is 50.5 Å². The summed E-state index contributed by atoms with van der Waals surface area (Å²) >= 11 is 4.33. The zero-order valence-electron chi connectivity index (χ0n) is 21.8. The number of amides is 3. The predicted molar refractivity (Wildman–Crippen MR) is 140 cm³/mol. The van der Waals surface area contributed by atoms with E-state index in [1.54, 1.807) is 25.7 Å². The molecular formula is C26H43N3O4S. The van der Waals surface area contributed by atoms with Crippen molar-refractivity contribution in [3.63, 3.8) is 0 Å². The summed E-state index contributed by atoms with van der Waals surface area (Å²) < 4.78 is 5.34. The van der Waals surface area contributed by atoms with Gasteiger partial charge in [0.05, 0.1) is 0 Å². The number of benzene rings is 1. The number of rotatable bonds is 12. The van der Waals surface area contributed by atoms with Gasteiger partial charge >= 0.3 is 6.09 Å². The Labute approximate surface area is 210 Å². The summed E-state index contributed by atoms with van der Waals surface area (Å²) in [6.45, 7) is 13.5. The van der Waals surface area contributed by atoms with Crippen molar-refractivity contribution in [1.29, 1.82) is 0 Å². The van der Waals surface area contributed by atoms with Gasteiger partial charge in [-0.15, -0.1) is 0 Å². The summed E-state index contributed by atoms with van der Waals surface area (Å²) in [7, 11) is 0. The van der Waals surface area contributed by atoms with Crippen LogP contribution in [0, 0.1) is 6.92 Å². The van der Waals surface area contributed by atoms with Crippen LogP contribution in [0.2, 0.25) is 0 Å². The van der Waals surface area contributed by atoms with Gasteiger partial charge in [0, 0.05) is 18.3 Å². The number of nitrogens with zero attached hydrogens (tertiary/aromatic N) is 1. The highest BCUT2D eigenvalue weighted by molar-refractivity contribution is 7.80. The molecule has 7 nitrogen and oxygen atoms in total. The van der Waals surface area contributed by atoms with E-state index in [-0.39, 0.29) is 23.6 Å². The van der Waals surface area contributed by atoms with E-state index in [0.29, 0.717) is 6.54 Å². The van der Waals surface area contributed by atoms with Crippen molar-refractivity contribution in [2.45, 2.75) is 97.9 Å². The Balaban J connectivity index is 3.37. The molecule has 0 aliphatic rings. The number of aryl methyl sites for hydroxylation is 1. The highest BCUT2D eigenvalue weighted by Gasteiger charge is 2.36. The Morgan fingerprint density at radius 2 is 1.71 bits per heavy atom. The van der Waals surface area contributed by atoms with Crippen molar-refractivity contribution in [3.05, 3.63) is 35.4 Å². The molecule has 0 fully saturated rings. The van der Waals surface area contributed by atoms with E-state index < -0.39 is 23.8 Å². The molecule has 2 atom stereocenters. The summed E-state index contributed by atoms with van der Waals surface area (Å²) in [5.41, 5.74) is 0.981. The van der Waals surface area contributed by atoms with Gasteiger partial charge in [-0.3, -0.25) is 9.59 Å². The second kappa shape index (κ2) is 14.2. The van der Waals surface area contributed by atoms with Crippen LogP contribution >= 0.6 is 12.6 Å². The lowest BCUT2D eigenvalue weighted by Gasteiger charge is -2.35. The highest BCUT2D eigenvalue weighted by Crippen LogP contribution is 2.26. The number of thiol groups is 1. The number of unbranched alkanes of at least 4 members (excludes halogenated alkanes) is 3.